The minimum atomic E-state index is -0.301. The van der Waals surface area contributed by atoms with E-state index in [1.807, 2.05) is 37.3 Å². The summed E-state index contributed by atoms with van der Waals surface area (Å²) >= 11 is 0. The summed E-state index contributed by atoms with van der Waals surface area (Å²) in [6, 6.07) is 13.1. The predicted molar refractivity (Wildman–Crippen MR) is 89.5 cm³/mol. The van der Waals surface area contributed by atoms with Crippen LogP contribution in [0.15, 0.2) is 42.5 Å². The number of nitrogens with zero attached hydrogens (tertiary/aromatic N) is 1. The molecule has 0 aliphatic carbocycles. The lowest BCUT2D eigenvalue weighted by atomic mass is 10.1. The highest BCUT2D eigenvalue weighted by atomic mass is 16.2. The van der Waals surface area contributed by atoms with Crippen LogP contribution in [-0.2, 0) is 6.42 Å². The molecular formula is C18H21N3O2. The molecule has 1 heterocycles. The molecule has 23 heavy (non-hydrogen) atoms. The number of benzene rings is 1. The zero-order valence-corrected chi connectivity index (χ0v) is 13.4. The first-order valence-corrected chi connectivity index (χ1v) is 7.69. The highest BCUT2D eigenvalue weighted by Crippen LogP contribution is 2.12. The number of hydrogen-bond donors (Lipinski definition) is 2. The van der Waals surface area contributed by atoms with Gasteiger partial charge in [-0.05, 0) is 24.1 Å². The van der Waals surface area contributed by atoms with Crippen LogP contribution >= 0.6 is 0 Å². The number of hydrogen-bond acceptors (Lipinski definition) is 3. The summed E-state index contributed by atoms with van der Waals surface area (Å²) < 4.78 is 0. The number of rotatable bonds is 6. The van der Waals surface area contributed by atoms with Crippen LogP contribution in [-0.4, -0.2) is 30.4 Å². The lowest BCUT2D eigenvalue weighted by Crippen LogP contribution is -2.26. The molecule has 0 fully saturated rings. The van der Waals surface area contributed by atoms with Gasteiger partial charge in [-0.3, -0.25) is 9.59 Å². The summed E-state index contributed by atoms with van der Waals surface area (Å²) in [5, 5.41) is 5.37. The van der Waals surface area contributed by atoms with Crippen LogP contribution in [0.5, 0.6) is 0 Å². The van der Waals surface area contributed by atoms with Crippen molar-refractivity contribution in [3.05, 3.63) is 65.0 Å². The average molecular weight is 311 g/mol. The smallest absolute Gasteiger partial charge is 0.269 e. The summed E-state index contributed by atoms with van der Waals surface area (Å²) in [4.78, 5) is 28.5. The van der Waals surface area contributed by atoms with Crippen LogP contribution in [0, 0.1) is 0 Å². The Bertz CT molecular complexity index is 684. The van der Waals surface area contributed by atoms with Gasteiger partial charge in [-0.15, -0.1) is 0 Å². The van der Waals surface area contributed by atoms with E-state index in [1.54, 1.807) is 13.1 Å². The van der Waals surface area contributed by atoms with Crippen molar-refractivity contribution in [3.8, 4) is 0 Å². The fourth-order valence-corrected chi connectivity index (χ4v) is 2.20. The second-order valence-electron chi connectivity index (χ2n) is 5.23. The Balaban J connectivity index is 2.33. The zero-order valence-electron chi connectivity index (χ0n) is 13.4. The molecule has 0 unspecified atom stereocenters. The summed E-state index contributed by atoms with van der Waals surface area (Å²) in [6.07, 6.45) is 1.43. The van der Waals surface area contributed by atoms with E-state index in [-0.39, 0.29) is 17.5 Å². The van der Waals surface area contributed by atoms with E-state index in [9.17, 15) is 9.59 Å². The van der Waals surface area contributed by atoms with Crippen molar-refractivity contribution >= 4 is 11.8 Å². The average Bonchev–Trinajstić information content (AvgIpc) is 2.59. The molecule has 5 heteroatoms. The first kappa shape index (κ1) is 16.7. The monoisotopic (exact) mass is 311 g/mol. The third-order valence-corrected chi connectivity index (χ3v) is 3.36. The molecule has 0 radical (unpaired) electrons. The Kier molecular flexibility index (Phi) is 5.86. The molecule has 0 aliphatic rings. The Morgan fingerprint density at radius 3 is 2.48 bits per heavy atom. The minimum absolute atomic E-state index is 0.186. The molecule has 0 bridgehead atoms. The van der Waals surface area contributed by atoms with E-state index in [0.717, 1.165) is 12.0 Å². The van der Waals surface area contributed by atoms with Crippen molar-refractivity contribution in [2.24, 2.45) is 0 Å². The molecule has 0 atom stereocenters. The van der Waals surface area contributed by atoms with Crippen LogP contribution in [0.4, 0.5) is 0 Å². The lowest BCUT2D eigenvalue weighted by Gasteiger charge is -2.09. The predicted octanol–water partition coefficient (Wildman–Crippen LogP) is 2.17. The molecule has 2 amide bonds. The molecule has 0 aliphatic heterocycles. The van der Waals surface area contributed by atoms with Crippen LogP contribution in [0.25, 0.3) is 0 Å². The first-order valence-electron chi connectivity index (χ1n) is 7.69. The number of nitrogens with one attached hydrogen (secondary N) is 2. The van der Waals surface area contributed by atoms with Crippen LogP contribution in [0.2, 0.25) is 0 Å². The standard InChI is InChI=1S/C18H21N3O2/c1-3-9-20-17(22)14-11-15(10-13-7-5-4-6-8-13)21-16(12-14)18(23)19-2/h4-8,11-12H,3,9-10H2,1-2H3,(H,19,23)(H,20,22). The van der Waals surface area contributed by atoms with E-state index in [0.29, 0.717) is 24.2 Å². The second-order valence-corrected chi connectivity index (χ2v) is 5.23. The van der Waals surface area contributed by atoms with Crippen molar-refractivity contribution in [1.29, 1.82) is 0 Å². The van der Waals surface area contributed by atoms with Crippen molar-refractivity contribution in [2.75, 3.05) is 13.6 Å². The van der Waals surface area contributed by atoms with Crippen LogP contribution in [0.3, 0.4) is 0 Å². The van der Waals surface area contributed by atoms with E-state index >= 15 is 0 Å². The molecule has 120 valence electrons. The number of amides is 2. The maximum Gasteiger partial charge on any atom is 0.269 e. The number of pyridine rings is 1. The Morgan fingerprint density at radius 2 is 1.83 bits per heavy atom. The quantitative estimate of drug-likeness (QED) is 0.859. The minimum Gasteiger partial charge on any atom is -0.354 e. The topological polar surface area (TPSA) is 71.1 Å². The van der Waals surface area contributed by atoms with Gasteiger partial charge in [-0.1, -0.05) is 37.3 Å². The number of carbonyl (C=O) groups is 2. The van der Waals surface area contributed by atoms with E-state index in [4.69, 9.17) is 0 Å². The third kappa shape index (κ3) is 4.64. The molecule has 0 saturated carbocycles. The van der Waals surface area contributed by atoms with Gasteiger partial charge >= 0.3 is 0 Å². The van der Waals surface area contributed by atoms with Gasteiger partial charge in [0.25, 0.3) is 11.8 Å². The highest BCUT2D eigenvalue weighted by Gasteiger charge is 2.13. The third-order valence-electron chi connectivity index (χ3n) is 3.36. The molecule has 5 nitrogen and oxygen atoms in total. The number of aromatic nitrogens is 1. The van der Waals surface area contributed by atoms with Gasteiger partial charge in [-0.25, -0.2) is 4.98 Å². The molecular weight excluding hydrogens is 290 g/mol. The van der Waals surface area contributed by atoms with E-state index in [1.165, 1.54) is 6.07 Å². The summed E-state index contributed by atoms with van der Waals surface area (Å²) in [5.41, 5.74) is 2.48. The first-order chi connectivity index (χ1) is 11.1. The van der Waals surface area contributed by atoms with Crippen LogP contribution in [0.1, 0.15) is 45.4 Å². The maximum atomic E-state index is 12.2. The number of carbonyl (C=O) groups excluding carboxylic acids is 2. The van der Waals surface area contributed by atoms with Gasteiger partial charge < -0.3 is 10.6 Å². The Hall–Kier alpha value is -2.69. The largest absolute Gasteiger partial charge is 0.354 e. The SMILES string of the molecule is CCCNC(=O)c1cc(Cc2ccccc2)nc(C(=O)NC)c1. The summed E-state index contributed by atoms with van der Waals surface area (Å²) in [5.74, 6) is -0.488. The summed E-state index contributed by atoms with van der Waals surface area (Å²) in [7, 11) is 1.55. The molecule has 1 aromatic heterocycles. The van der Waals surface area contributed by atoms with Gasteiger partial charge in [0.2, 0.25) is 0 Å². The van der Waals surface area contributed by atoms with Crippen molar-refractivity contribution in [1.82, 2.24) is 15.6 Å². The maximum absolute atomic E-state index is 12.2. The molecule has 0 saturated heterocycles. The van der Waals surface area contributed by atoms with Crippen LogP contribution < -0.4 is 10.6 Å². The van der Waals surface area contributed by atoms with Crippen molar-refractivity contribution in [3.63, 3.8) is 0 Å². The van der Waals surface area contributed by atoms with Gasteiger partial charge in [0, 0.05) is 31.3 Å². The van der Waals surface area contributed by atoms with E-state index in [2.05, 4.69) is 15.6 Å². The van der Waals surface area contributed by atoms with Gasteiger partial charge in [0.15, 0.2) is 0 Å². The summed E-state index contributed by atoms with van der Waals surface area (Å²) in [6.45, 7) is 2.59. The molecule has 2 aromatic rings. The molecule has 2 rings (SSSR count). The van der Waals surface area contributed by atoms with Gasteiger partial charge in [-0.2, -0.15) is 0 Å². The zero-order chi connectivity index (χ0) is 16.7. The fraction of sp³-hybridized carbons (Fsp3) is 0.278. The van der Waals surface area contributed by atoms with Crippen molar-refractivity contribution < 1.29 is 9.59 Å². The van der Waals surface area contributed by atoms with Gasteiger partial charge in [0.05, 0.1) is 0 Å². The molecule has 0 spiro atoms. The Morgan fingerprint density at radius 1 is 1.09 bits per heavy atom. The normalized spacial score (nSPS) is 10.2. The lowest BCUT2D eigenvalue weighted by molar-refractivity contribution is 0.0953. The van der Waals surface area contributed by atoms with Crippen molar-refractivity contribution in [2.45, 2.75) is 19.8 Å². The molecule has 2 N–H and O–H groups in total. The Labute approximate surface area is 136 Å². The van der Waals surface area contributed by atoms with Gasteiger partial charge in [0.1, 0.15) is 5.69 Å². The fourth-order valence-electron chi connectivity index (χ4n) is 2.20. The molecule has 1 aromatic carbocycles. The second kappa shape index (κ2) is 8.08. The highest BCUT2D eigenvalue weighted by molar-refractivity contribution is 5.98. The van der Waals surface area contributed by atoms with E-state index < -0.39 is 0 Å².